The number of rotatable bonds is 7. The van der Waals surface area contributed by atoms with Crippen molar-refractivity contribution in [2.75, 3.05) is 19.0 Å². The molecule has 0 radical (unpaired) electrons. The van der Waals surface area contributed by atoms with Crippen molar-refractivity contribution >= 4 is 29.2 Å². The minimum atomic E-state index is -0.342. The lowest BCUT2D eigenvalue weighted by Gasteiger charge is -2.11. The third-order valence-corrected chi connectivity index (χ3v) is 4.24. The van der Waals surface area contributed by atoms with Gasteiger partial charge in [-0.25, -0.2) is 0 Å². The summed E-state index contributed by atoms with van der Waals surface area (Å²) in [6.07, 6.45) is 1.76. The van der Waals surface area contributed by atoms with E-state index < -0.39 is 0 Å². The molecule has 0 fully saturated rings. The van der Waals surface area contributed by atoms with E-state index >= 15 is 0 Å². The van der Waals surface area contributed by atoms with Gasteiger partial charge < -0.3 is 15.4 Å². The highest BCUT2D eigenvalue weighted by atomic mass is 16.5. The van der Waals surface area contributed by atoms with E-state index in [2.05, 4.69) is 10.6 Å². The van der Waals surface area contributed by atoms with Gasteiger partial charge in [0.05, 0.1) is 13.7 Å². The van der Waals surface area contributed by atoms with Crippen LogP contribution in [0.3, 0.4) is 0 Å². The van der Waals surface area contributed by atoms with Gasteiger partial charge >= 0.3 is 0 Å². The summed E-state index contributed by atoms with van der Waals surface area (Å²) in [5.74, 6) is 0.0233. The molecule has 29 heavy (non-hydrogen) atoms. The fourth-order valence-corrected chi connectivity index (χ4v) is 2.82. The second-order valence-corrected chi connectivity index (χ2v) is 6.26. The normalized spacial score (nSPS) is 10.9. The first-order chi connectivity index (χ1) is 14.2. The second-order valence-electron chi connectivity index (χ2n) is 6.26. The van der Waals surface area contributed by atoms with E-state index in [1.165, 1.54) is 0 Å². The van der Waals surface area contributed by atoms with Crippen LogP contribution >= 0.6 is 0 Å². The zero-order chi connectivity index (χ0) is 20.5. The number of carbonyl (C=O) groups excluding carboxylic acids is 2. The first kappa shape index (κ1) is 19.9. The Bertz CT molecular complexity index is 999. The summed E-state index contributed by atoms with van der Waals surface area (Å²) in [6, 6.07) is 25.9. The monoisotopic (exact) mass is 386 g/mol. The Labute approximate surface area is 170 Å². The number of nitrogens with one attached hydrogen (secondary N) is 2. The number of amides is 2. The molecule has 0 aliphatic heterocycles. The highest BCUT2D eigenvalue weighted by molar-refractivity contribution is 6.24. The average Bonchev–Trinajstić information content (AvgIpc) is 2.77. The number of anilines is 1. The molecule has 0 aliphatic carbocycles. The number of hydrogen-bond donors (Lipinski definition) is 2. The molecular formula is C24H22N2O3. The van der Waals surface area contributed by atoms with Crippen LogP contribution in [0.4, 0.5) is 5.69 Å². The fraction of sp³-hybridized carbons (Fsp3) is 0.0833. The van der Waals surface area contributed by atoms with Crippen molar-refractivity contribution in [2.45, 2.75) is 0 Å². The Hall–Kier alpha value is -3.86. The van der Waals surface area contributed by atoms with Crippen LogP contribution in [-0.4, -0.2) is 25.5 Å². The molecule has 3 rings (SSSR count). The smallest absolute Gasteiger partial charge is 0.252 e. The quantitative estimate of drug-likeness (QED) is 0.477. The molecule has 146 valence electrons. The molecule has 0 atom stereocenters. The molecule has 2 N–H and O–H groups in total. The largest absolute Gasteiger partial charge is 0.496 e. The Morgan fingerprint density at radius 2 is 1.48 bits per heavy atom. The van der Waals surface area contributed by atoms with Crippen LogP contribution < -0.4 is 15.4 Å². The standard InChI is InChI=1S/C24H22N2O3/c1-29-22-15-9-8-12-19(22)16-21(18-10-4-2-5-11-18)24(28)25-17-23(27)26-20-13-6-3-7-14-20/h2-16H,17H2,1H3,(H,25,28)(H,26,27)/b21-16+. The Balaban J connectivity index is 1.78. The molecule has 5 nitrogen and oxygen atoms in total. The molecular weight excluding hydrogens is 364 g/mol. The van der Waals surface area contributed by atoms with Gasteiger partial charge in [0.25, 0.3) is 5.91 Å². The predicted molar refractivity (Wildman–Crippen MR) is 115 cm³/mol. The highest BCUT2D eigenvalue weighted by Crippen LogP contribution is 2.24. The van der Waals surface area contributed by atoms with Gasteiger partial charge in [-0.3, -0.25) is 9.59 Å². The van der Waals surface area contributed by atoms with Crippen molar-refractivity contribution in [2.24, 2.45) is 0 Å². The minimum Gasteiger partial charge on any atom is -0.496 e. The predicted octanol–water partition coefficient (Wildman–Crippen LogP) is 3.99. The molecule has 2 amide bonds. The lowest BCUT2D eigenvalue weighted by molar-refractivity contribution is -0.120. The summed E-state index contributed by atoms with van der Waals surface area (Å²) in [5, 5.41) is 5.45. The number of carbonyl (C=O) groups is 2. The average molecular weight is 386 g/mol. The number of methoxy groups -OCH3 is 1. The van der Waals surface area contributed by atoms with Crippen LogP contribution in [0, 0.1) is 0 Å². The lowest BCUT2D eigenvalue weighted by Crippen LogP contribution is -2.33. The van der Waals surface area contributed by atoms with E-state index in [0.717, 1.165) is 11.1 Å². The van der Waals surface area contributed by atoms with Crippen molar-refractivity contribution in [1.82, 2.24) is 5.32 Å². The van der Waals surface area contributed by atoms with Gasteiger partial charge in [-0.05, 0) is 29.8 Å². The molecule has 0 bridgehead atoms. The molecule has 0 heterocycles. The van der Waals surface area contributed by atoms with Crippen molar-refractivity contribution in [3.8, 4) is 5.75 Å². The third kappa shape index (κ3) is 5.56. The molecule has 0 aromatic heterocycles. The van der Waals surface area contributed by atoms with Gasteiger partial charge in [-0.1, -0.05) is 66.7 Å². The topological polar surface area (TPSA) is 67.4 Å². The summed E-state index contributed by atoms with van der Waals surface area (Å²) < 4.78 is 5.39. The summed E-state index contributed by atoms with van der Waals surface area (Å²) in [5.41, 5.74) is 2.65. The summed E-state index contributed by atoms with van der Waals surface area (Å²) in [4.78, 5) is 25.1. The van der Waals surface area contributed by atoms with Crippen molar-refractivity contribution in [3.63, 3.8) is 0 Å². The summed E-state index contributed by atoms with van der Waals surface area (Å²) in [6.45, 7) is -0.135. The van der Waals surface area contributed by atoms with Gasteiger partial charge in [0.1, 0.15) is 5.75 Å². The van der Waals surface area contributed by atoms with Gasteiger partial charge in [-0.15, -0.1) is 0 Å². The first-order valence-corrected chi connectivity index (χ1v) is 9.20. The molecule has 0 unspecified atom stereocenters. The van der Waals surface area contributed by atoms with Gasteiger partial charge in [0, 0.05) is 16.8 Å². The summed E-state index contributed by atoms with van der Waals surface area (Å²) >= 11 is 0. The molecule has 3 aromatic carbocycles. The van der Waals surface area contributed by atoms with E-state index in [1.54, 1.807) is 25.3 Å². The van der Waals surface area contributed by atoms with E-state index in [4.69, 9.17) is 4.74 Å². The van der Waals surface area contributed by atoms with Gasteiger partial charge in [0.15, 0.2) is 0 Å². The lowest BCUT2D eigenvalue weighted by atomic mass is 10.0. The summed E-state index contributed by atoms with van der Waals surface area (Å²) in [7, 11) is 1.59. The molecule has 3 aromatic rings. The maximum absolute atomic E-state index is 12.9. The number of ether oxygens (including phenoxy) is 1. The fourth-order valence-electron chi connectivity index (χ4n) is 2.82. The molecule has 0 saturated carbocycles. The minimum absolute atomic E-state index is 0.135. The zero-order valence-corrected chi connectivity index (χ0v) is 16.1. The first-order valence-electron chi connectivity index (χ1n) is 9.20. The Kier molecular flexibility index (Phi) is 6.79. The number of hydrogen-bond acceptors (Lipinski definition) is 3. The van der Waals surface area contributed by atoms with Crippen molar-refractivity contribution < 1.29 is 14.3 Å². The van der Waals surface area contributed by atoms with Crippen molar-refractivity contribution in [3.05, 3.63) is 96.1 Å². The number of para-hydroxylation sites is 2. The Morgan fingerprint density at radius 3 is 2.17 bits per heavy atom. The number of benzene rings is 3. The Morgan fingerprint density at radius 1 is 0.862 bits per heavy atom. The van der Waals surface area contributed by atoms with E-state index in [1.807, 2.05) is 72.8 Å². The van der Waals surface area contributed by atoms with E-state index in [-0.39, 0.29) is 18.4 Å². The molecule has 0 spiro atoms. The van der Waals surface area contributed by atoms with Crippen LogP contribution in [0.25, 0.3) is 11.6 Å². The second kappa shape index (κ2) is 9.90. The van der Waals surface area contributed by atoms with Crippen LogP contribution in [0.5, 0.6) is 5.75 Å². The van der Waals surface area contributed by atoms with Crippen LogP contribution in [0.1, 0.15) is 11.1 Å². The maximum atomic E-state index is 12.9. The van der Waals surface area contributed by atoms with E-state index in [0.29, 0.717) is 17.0 Å². The maximum Gasteiger partial charge on any atom is 0.252 e. The molecule has 5 heteroatoms. The zero-order valence-electron chi connectivity index (χ0n) is 16.1. The van der Waals surface area contributed by atoms with Crippen LogP contribution in [-0.2, 0) is 9.59 Å². The SMILES string of the molecule is COc1ccccc1/C=C(/C(=O)NCC(=O)Nc1ccccc1)c1ccccc1. The van der Waals surface area contributed by atoms with Crippen LogP contribution in [0.2, 0.25) is 0 Å². The third-order valence-electron chi connectivity index (χ3n) is 4.24. The van der Waals surface area contributed by atoms with Gasteiger partial charge in [0.2, 0.25) is 5.91 Å². The molecule has 0 saturated heterocycles. The highest BCUT2D eigenvalue weighted by Gasteiger charge is 2.14. The van der Waals surface area contributed by atoms with Crippen LogP contribution in [0.15, 0.2) is 84.9 Å². The molecule has 0 aliphatic rings. The van der Waals surface area contributed by atoms with E-state index in [9.17, 15) is 9.59 Å². The van der Waals surface area contributed by atoms with Gasteiger partial charge in [-0.2, -0.15) is 0 Å². The van der Waals surface area contributed by atoms with Crippen molar-refractivity contribution in [1.29, 1.82) is 0 Å².